The minimum Gasteiger partial charge on any atom is -0.250 e. The first kappa shape index (κ1) is 31.6. The highest BCUT2D eigenvalue weighted by Gasteiger charge is 2.26. The molecule has 0 spiro atoms. The van der Waals surface area contributed by atoms with Crippen molar-refractivity contribution in [2.24, 2.45) is 5.92 Å². The van der Waals surface area contributed by atoms with Gasteiger partial charge in [0.15, 0.2) is 0 Å². The standard InChI is InChI=1S/C35H60N2/c1-3-5-7-9-10-11-12-13-14-15-16-17-19-23-27-34(31-33-25-21-20-22-26-33)35(37-30-29-36-32-37)28-24-18-8-6-4-2/h20-22,25-26,29-30,32,34-35H,3-19,23-24,27-28,31H2,1-2H3/p+1. The van der Waals surface area contributed by atoms with E-state index >= 15 is 0 Å². The molecule has 2 atom stereocenters. The average molecular weight is 510 g/mol. The first-order valence-corrected chi connectivity index (χ1v) is 16.4. The Morgan fingerprint density at radius 3 is 1.57 bits per heavy atom. The van der Waals surface area contributed by atoms with Crippen LogP contribution in [-0.4, -0.2) is 4.98 Å². The van der Waals surface area contributed by atoms with Gasteiger partial charge in [-0.2, -0.15) is 0 Å². The Morgan fingerprint density at radius 1 is 0.595 bits per heavy atom. The average Bonchev–Trinajstić information content (AvgIpc) is 3.46. The van der Waals surface area contributed by atoms with E-state index in [1.165, 1.54) is 147 Å². The number of benzene rings is 1. The van der Waals surface area contributed by atoms with Gasteiger partial charge in [0.25, 0.3) is 0 Å². The molecular formula is C35H61N2+. The zero-order valence-corrected chi connectivity index (χ0v) is 24.8. The van der Waals surface area contributed by atoms with Crippen molar-refractivity contribution >= 4 is 0 Å². The molecule has 210 valence electrons. The maximum absolute atomic E-state index is 3.32. The lowest BCUT2D eigenvalue weighted by atomic mass is 9.84. The number of aromatic nitrogens is 2. The second-order valence-electron chi connectivity index (χ2n) is 11.7. The Hall–Kier alpha value is -1.57. The summed E-state index contributed by atoms with van der Waals surface area (Å²) in [7, 11) is 0. The predicted molar refractivity (Wildman–Crippen MR) is 162 cm³/mol. The number of aromatic amines is 1. The van der Waals surface area contributed by atoms with Crippen LogP contribution in [0.1, 0.15) is 160 Å². The fourth-order valence-electron chi connectivity index (χ4n) is 6.04. The van der Waals surface area contributed by atoms with Crippen molar-refractivity contribution in [2.75, 3.05) is 0 Å². The van der Waals surface area contributed by atoms with Crippen LogP contribution in [0.25, 0.3) is 0 Å². The second-order valence-corrected chi connectivity index (χ2v) is 11.7. The molecule has 2 nitrogen and oxygen atoms in total. The highest BCUT2D eigenvalue weighted by Crippen LogP contribution is 2.29. The summed E-state index contributed by atoms with van der Waals surface area (Å²) in [6.45, 7) is 4.61. The third kappa shape index (κ3) is 15.4. The molecule has 1 aromatic heterocycles. The van der Waals surface area contributed by atoms with Gasteiger partial charge in [0, 0.05) is 5.92 Å². The van der Waals surface area contributed by atoms with Gasteiger partial charge in [-0.05, 0) is 31.2 Å². The van der Waals surface area contributed by atoms with E-state index in [2.05, 4.69) is 72.5 Å². The summed E-state index contributed by atoms with van der Waals surface area (Å²) in [5.41, 5.74) is 1.50. The Bertz CT molecular complexity index is 708. The van der Waals surface area contributed by atoms with Crippen LogP contribution >= 0.6 is 0 Å². The molecule has 0 aliphatic carbocycles. The molecule has 2 heteroatoms. The molecule has 1 heterocycles. The van der Waals surface area contributed by atoms with Crippen molar-refractivity contribution in [1.82, 2.24) is 4.98 Å². The zero-order valence-electron chi connectivity index (χ0n) is 24.8. The molecule has 0 radical (unpaired) electrons. The minimum atomic E-state index is 0.607. The molecule has 0 aliphatic rings. The summed E-state index contributed by atoms with van der Waals surface area (Å²) in [5.74, 6) is 0.715. The third-order valence-electron chi connectivity index (χ3n) is 8.37. The molecule has 0 fully saturated rings. The van der Waals surface area contributed by atoms with E-state index in [-0.39, 0.29) is 0 Å². The Balaban J connectivity index is 1.71. The first-order valence-electron chi connectivity index (χ1n) is 16.4. The largest absolute Gasteiger partial charge is 0.250 e. The molecule has 37 heavy (non-hydrogen) atoms. The number of imidazole rings is 1. The molecule has 0 aliphatic heterocycles. The summed E-state index contributed by atoms with van der Waals surface area (Å²) in [5, 5.41) is 0. The van der Waals surface area contributed by atoms with Gasteiger partial charge in [-0.25, -0.2) is 4.57 Å². The van der Waals surface area contributed by atoms with Crippen LogP contribution in [0.2, 0.25) is 0 Å². The van der Waals surface area contributed by atoms with Crippen LogP contribution in [-0.2, 0) is 6.42 Å². The van der Waals surface area contributed by atoms with Gasteiger partial charge in [-0.15, -0.1) is 0 Å². The van der Waals surface area contributed by atoms with Gasteiger partial charge < -0.3 is 0 Å². The van der Waals surface area contributed by atoms with E-state index < -0.39 is 0 Å². The Labute approximate surface area is 231 Å². The third-order valence-corrected chi connectivity index (χ3v) is 8.37. The summed E-state index contributed by atoms with van der Waals surface area (Å²) < 4.78 is 2.48. The van der Waals surface area contributed by atoms with Crippen LogP contribution < -0.4 is 4.57 Å². The number of hydrogen-bond acceptors (Lipinski definition) is 0. The summed E-state index contributed by atoms with van der Waals surface area (Å²) >= 11 is 0. The monoisotopic (exact) mass is 509 g/mol. The van der Waals surface area contributed by atoms with E-state index in [9.17, 15) is 0 Å². The maximum atomic E-state index is 3.32. The fraction of sp³-hybridized carbons (Fsp3) is 0.743. The Kier molecular flexibility index (Phi) is 19.2. The molecule has 2 aromatic rings. The van der Waals surface area contributed by atoms with E-state index in [0.717, 1.165) is 0 Å². The molecule has 0 saturated carbocycles. The topological polar surface area (TPSA) is 19.7 Å². The van der Waals surface area contributed by atoms with Gasteiger partial charge in [0.05, 0.1) is 0 Å². The van der Waals surface area contributed by atoms with Gasteiger partial charge in [-0.1, -0.05) is 160 Å². The smallest absolute Gasteiger partial charge is 0.241 e. The SMILES string of the molecule is CCCCCCCCCCCCCCCCC(Cc1ccccc1)C(CCCCCCC)[n+]1cc[nH]c1. The van der Waals surface area contributed by atoms with Crippen LogP contribution in [0, 0.1) is 5.92 Å². The van der Waals surface area contributed by atoms with Crippen LogP contribution in [0.5, 0.6) is 0 Å². The minimum absolute atomic E-state index is 0.607. The van der Waals surface area contributed by atoms with E-state index in [0.29, 0.717) is 12.0 Å². The second kappa shape index (κ2) is 22.4. The summed E-state index contributed by atoms with van der Waals surface area (Å²) in [4.78, 5) is 3.32. The van der Waals surface area contributed by atoms with Crippen molar-refractivity contribution in [3.8, 4) is 0 Å². The quantitative estimate of drug-likeness (QED) is 0.101. The van der Waals surface area contributed by atoms with E-state index in [1.807, 2.05) is 0 Å². The van der Waals surface area contributed by atoms with Gasteiger partial charge in [0.2, 0.25) is 6.33 Å². The van der Waals surface area contributed by atoms with Crippen molar-refractivity contribution in [2.45, 2.75) is 161 Å². The molecule has 0 saturated heterocycles. The van der Waals surface area contributed by atoms with Crippen molar-refractivity contribution in [3.63, 3.8) is 0 Å². The molecule has 2 rings (SSSR count). The van der Waals surface area contributed by atoms with Gasteiger partial charge in [0.1, 0.15) is 18.4 Å². The van der Waals surface area contributed by atoms with Gasteiger partial charge >= 0.3 is 0 Å². The lowest BCUT2D eigenvalue weighted by molar-refractivity contribution is -0.730. The van der Waals surface area contributed by atoms with Crippen molar-refractivity contribution < 1.29 is 4.57 Å². The van der Waals surface area contributed by atoms with Gasteiger partial charge in [-0.3, -0.25) is 4.98 Å². The predicted octanol–water partition coefficient (Wildman–Crippen LogP) is 10.9. The molecular weight excluding hydrogens is 448 g/mol. The molecule has 2 unspecified atom stereocenters. The number of unbranched alkanes of at least 4 members (excludes halogenated alkanes) is 17. The van der Waals surface area contributed by atoms with Crippen molar-refractivity contribution in [3.05, 3.63) is 54.6 Å². The van der Waals surface area contributed by atoms with Crippen molar-refractivity contribution in [1.29, 1.82) is 0 Å². The highest BCUT2D eigenvalue weighted by molar-refractivity contribution is 5.15. The zero-order chi connectivity index (χ0) is 26.2. The lowest BCUT2D eigenvalue weighted by Crippen LogP contribution is -2.42. The number of hydrogen-bond donors (Lipinski definition) is 1. The van der Waals surface area contributed by atoms with E-state index in [4.69, 9.17) is 0 Å². The number of nitrogens with zero attached hydrogens (tertiary/aromatic N) is 1. The normalized spacial score (nSPS) is 13.1. The molecule has 0 bridgehead atoms. The highest BCUT2D eigenvalue weighted by atomic mass is 15.1. The fourth-order valence-corrected chi connectivity index (χ4v) is 6.04. The summed E-state index contributed by atoms with van der Waals surface area (Å²) in [6, 6.07) is 11.8. The number of rotatable bonds is 25. The number of nitrogens with one attached hydrogen (secondary N) is 1. The maximum Gasteiger partial charge on any atom is 0.241 e. The molecule has 0 amide bonds. The van der Waals surface area contributed by atoms with E-state index in [1.54, 1.807) is 0 Å². The molecule has 1 N–H and O–H groups in total. The van der Waals surface area contributed by atoms with Crippen LogP contribution in [0.3, 0.4) is 0 Å². The Morgan fingerprint density at radius 2 is 1.08 bits per heavy atom. The molecule has 1 aromatic carbocycles. The lowest BCUT2D eigenvalue weighted by Gasteiger charge is -2.25. The first-order chi connectivity index (χ1) is 18.3. The summed E-state index contributed by atoms with van der Waals surface area (Å²) in [6.07, 6.45) is 37.4. The number of H-pyrrole nitrogens is 1. The van der Waals surface area contributed by atoms with Crippen LogP contribution in [0.15, 0.2) is 49.1 Å². The van der Waals surface area contributed by atoms with Crippen LogP contribution in [0.4, 0.5) is 0 Å².